The monoisotopic (exact) mass is 560 g/mol. The summed E-state index contributed by atoms with van der Waals surface area (Å²) in [5.74, 6) is -1.81. The molecular formula is C25H18Cl2N2O7S. The van der Waals surface area contributed by atoms with Crippen molar-refractivity contribution in [2.45, 2.75) is 11.8 Å². The molecule has 3 aromatic carbocycles. The third-order valence-corrected chi connectivity index (χ3v) is 7.06. The second-order valence-corrected chi connectivity index (χ2v) is 9.91. The molecule has 1 aliphatic heterocycles. The number of carbonyl (C=O) groups excluding carboxylic acids is 3. The Morgan fingerprint density at radius 2 is 1.65 bits per heavy atom. The van der Waals surface area contributed by atoms with Crippen molar-refractivity contribution in [1.29, 1.82) is 0 Å². The van der Waals surface area contributed by atoms with Gasteiger partial charge < -0.3 is 8.92 Å². The number of carbonyl (C=O) groups is 3. The fourth-order valence-electron chi connectivity index (χ4n) is 3.39. The number of halogens is 2. The summed E-state index contributed by atoms with van der Waals surface area (Å²) in [7, 11) is -4.14. The largest absolute Gasteiger partial charge is 0.490 e. The minimum absolute atomic E-state index is 0.0415. The zero-order valence-corrected chi connectivity index (χ0v) is 21.4. The number of amides is 4. The Labute approximate surface area is 222 Å². The van der Waals surface area contributed by atoms with Gasteiger partial charge in [-0.05, 0) is 61.0 Å². The van der Waals surface area contributed by atoms with E-state index in [1.807, 2.05) is 0 Å². The van der Waals surface area contributed by atoms with Crippen molar-refractivity contribution in [2.75, 3.05) is 11.5 Å². The second-order valence-electron chi connectivity index (χ2n) is 7.55. The first-order valence-corrected chi connectivity index (χ1v) is 12.9. The van der Waals surface area contributed by atoms with E-state index in [0.717, 1.165) is 4.90 Å². The Morgan fingerprint density at radius 1 is 0.919 bits per heavy atom. The number of ether oxygens (including phenoxy) is 1. The summed E-state index contributed by atoms with van der Waals surface area (Å²) in [4.78, 5) is 38.8. The highest BCUT2D eigenvalue weighted by atomic mass is 35.5. The van der Waals surface area contributed by atoms with E-state index >= 15 is 0 Å². The van der Waals surface area contributed by atoms with Gasteiger partial charge in [-0.2, -0.15) is 8.42 Å². The highest BCUT2D eigenvalue weighted by Crippen LogP contribution is 2.33. The molecule has 37 heavy (non-hydrogen) atoms. The highest BCUT2D eigenvalue weighted by Gasteiger charge is 2.37. The van der Waals surface area contributed by atoms with Crippen molar-refractivity contribution in [3.63, 3.8) is 0 Å². The van der Waals surface area contributed by atoms with Crippen LogP contribution in [0, 0.1) is 0 Å². The van der Waals surface area contributed by atoms with E-state index in [1.54, 1.807) is 25.1 Å². The number of nitrogens with one attached hydrogen (secondary N) is 1. The molecule has 1 aliphatic rings. The molecule has 0 aromatic heterocycles. The van der Waals surface area contributed by atoms with Crippen LogP contribution in [0.25, 0.3) is 6.08 Å². The van der Waals surface area contributed by atoms with Crippen molar-refractivity contribution in [2.24, 2.45) is 0 Å². The maximum Gasteiger partial charge on any atom is 0.339 e. The van der Waals surface area contributed by atoms with E-state index in [2.05, 4.69) is 5.32 Å². The Balaban J connectivity index is 1.68. The number of hydrogen-bond acceptors (Lipinski definition) is 7. The van der Waals surface area contributed by atoms with Crippen molar-refractivity contribution < 1.29 is 31.7 Å². The van der Waals surface area contributed by atoms with Gasteiger partial charge in [-0.3, -0.25) is 14.9 Å². The summed E-state index contributed by atoms with van der Waals surface area (Å²) >= 11 is 11.9. The van der Waals surface area contributed by atoms with Gasteiger partial charge in [0.2, 0.25) is 0 Å². The number of benzene rings is 3. The predicted molar refractivity (Wildman–Crippen MR) is 137 cm³/mol. The normalized spacial score (nSPS) is 15.1. The molecule has 0 aliphatic carbocycles. The molecule has 0 spiro atoms. The van der Waals surface area contributed by atoms with E-state index < -0.39 is 28.0 Å². The first-order chi connectivity index (χ1) is 17.6. The lowest BCUT2D eigenvalue weighted by Gasteiger charge is -2.26. The third-order valence-electron chi connectivity index (χ3n) is 5.07. The van der Waals surface area contributed by atoms with Crippen molar-refractivity contribution >= 4 is 62.9 Å². The molecule has 12 heteroatoms. The molecule has 1 heterocycles. The second kappa shape index (κ2) is 10.6. The van der Waals surface area contributed by atoms with Crippen molar-refractivity contribution in [3.8, 4) is 11.5 Å². The average molecular weight is 561 g/mol. The topological polar surface area (TPSA) is 119 Å². The van der Waals surface area contributed by atoms with Gasteiger partial charge >= 0.3 is 16.1 Å². The average Bonchev–Trinajstić information content (AvgIpc) is 2.86. The molecule has 3 aromatic rings. The number of hydrogen-bond donors (Lipinski definition) is 1. The van der Waals surface area contributed by atoms with E-state index in [1.165, 1.54) is 54.6 Å². The molecule has 0 saturated carbocycles. The van der Waals surface area contributed by atoms with Gasteiger partial charge in [0.25, 0.3) is 11.8 Å². The fourth-order valence-corrected chi connectivity index (χ4v) is 4.64. The van der Waals surface area contributed by atoms with Gasteiger partial charge in [-0.1, -0.05) is 47.5 Å². The summed E-state index contributed by atoms with van der Waals surface area (Å²) in [6.07, 6.45) is 1.24. The van der Waals surface area contributed by atoms with Gasteiger partial charge in [-0.25, -0.2) is 9.69 Å². The number of barbiturate groups is 1. The lowest BCUT2D eigenvalue weighted by Crippen LogP contribution is -2.54. The first-order valence-electron chi connectivity index (χ1n) is 10.7. The van der Waals surface area contributed by atoms with E-state index in [-0.39, 0.29) is 44.3 Å². The van der Waals surface area contributed by atoms with E-state index in [9.17, 15) is 22.8 Å². The van der Waals surface area contributed by atoms with Crippen LogP contribution in [0.5, 0.6) is 11.5 Å². The maximum absolute atomic E-state index is 13.1. The summed E-state index contributed by atoms with van der Waals surface area (Å²) in [6.45, 7) is 1.88. The molecule has 1 N–H and O–H groups in total. The predicted octanol–water partition coefficient (Wildman–Crippen LogP) is 4.83. The maximum atomic E-state index is 13.1. The Bertz CT molecular complexity index is 1540. The molecule has 1 saturated heterocycles. The Morgan fingerprint density at radius 3 is 2.32 bits per heavy atom. The molecular weight excluding hydrogens is 543 g/mol. The molecule has 9 nitrogen and oxygen atoms in total. The van der Waals surface area contributed by atoms with Gasteiger partial charge in [0, 0.05) is 0 Å². The Kier molecular flexibility index (Phi) is 7.53. The summed E-state index contributed by atoms with van der Waals surface area (Å²) in [5.41, 5.74) is 0.0775. The summed E-state index contributed by atoms with van der Waals surface area (Å²) < 4.78 is 36.1. The zero-order valence-electron chi connectivity index (χ0n) is 19.1. The Hall–Kier alpha value is -3.86. The first kappa shape index (κ1) is 26.2. The van der Waals surface area contributed by atoms with Crippen molar-refractivity contribution in [1.82, 2.24) is 5.32 Å². The molecule has 0 atom stereocenters. The third kappa shape index (κ3) is 5.61. The molecule has 0 bridgehead atoms. The van der Waals surface area contributed by atoms with Crippen LogP contribution in [0.3, 0.4) is 0 Å². The number of imide groups is 2. The number of urea groups is 1. The van der Waals surface area contributed by atoms with Gasteiger partial charge in [0.05, 0.1) is 22.3 Å². The SMILES string of the molecule is CCOc1cc(/C=C2\C(=O)NC(=O)N(c3ccc(Cl)c(Cl)c3)C2=O)ccc1OS(=O)(=O)c1ccccc1. The van der Waals surface area contributed by atoms with Crippen LogP contribution in [-0.4, -0.2) is 32.9 Å². The minimum atomic E-state index is -4.14. The van der Waals surface area contributed by atoms with Crippen LogP contribution >= 0.6 is 23.2 Å². The van der Waals surface area contributed by atoms with Crippen LogP contribution in [0.15, 0.2) is 77.2 Å². The van der Waals surface area contributed by atoms with Crippen LogP contribution < -0.4 is 19.1 Å². The number of anilines is 1. The fraction of sp³-hybridized carbons (Fsp3) is 0.0800. The smallest absolute Gasteiger partial charge is 0.339 e. The number of rotatable bonds is 7. The lowest BCUT2D eigenvalue weighted by molar-refractivity contribution is -0.122. The van der Waals surface area contributed by atoms with Crippen LogP contribution in [0.1, 0.15) is 12.5 Å². The van der Waals surface area contributed by atoms with E-state index in [0.29, 0.717) is 5.56 Å². The molecule has 0 unspecified atom stereocenters. The lowest BCUT2D eigenvalue weighted by atomic mass is 10.1. The molecule has 190 valence electrons. The summed E-state index contributed by atoms with van der Waals surface area (Å²) in [6, 6.07) is 15.0. The van der Waals surface area contributed by atoms with Crippen LogP contribution in [0.4, 0.5) is 10.5 Å². The van der Waals surface area contributed by atoms with Gasteiger partial charge in [0.1, 0.15) is 10.5 Å². The molecule has 0 radical (unpaired) electrons. The van der Waals surface area contributed by atoms with E-state index in [4.69, 9.17) is 32.1 Å². The molecule has 4 rings (SSSR count). The van der Waals surface area contributed by atoms with Crippen LogP contribution in [-0.2, 0) is 19.7 Å². The quantitative estimate of drug-likeness (QED) is 0.250. The summed E-state index contributed by atoms with van der Waals surface area (Å²) in [5, 5.41) is 2.45. The minimum Gasteiger partial charge on any atom is -0.490 e. The number of nitrogens with zero attached hydrogens (tertiary/aromatic N) is 1. The zero-order chi connectivity index (χ0) is 26.7. The molecule has 1 fully saturated rings. The highest BCUT2D eigenvalue weighted by molar-refractivity contribution is 7.87. The molecule has 4 amide bonds. The van der Waals surface area contributed by atoms with Crippen molar-refractivity contribution in [3.05, 3.63) is 87.9 Å². The van der Waals surface area contributed by atoms with Gasteiger partial charge in [-0.15, -0.1) is 0 Å². The van der Waals surface area contributed by atoms with Crippen LogP contribution in [0.2, 0.25) is 10.0 Å². The standard InChI is InChI=1S/C25H18Cl2N2O7S/c1-2-35-22-13-15(8-11-21(22)36-37(33,34)17-6-4-3-5-7-17)12-18-23(30)28-25(32)29(24(18)31)16-9-10-19(26)20(27)14-16/h3-14H,2H2,1H3,(H,28,30,32)/b18-12+. The van der Waals surface area contributed by atoms with Gasteiger partial charge in [0.15, 0.2) is 11.5 Å².